The maximum absolute atomic E-state index is 11.0. The van der Waals surface area contributed by atoms with E-state index in [-0.39, 0.29) is 5.78 Å². The van der Waals surface area contributed by atoms with Gasteiger partial charge in [0.2, 0.25) is 0 Å². The molecule has 1 radical (unpaired) electrons. The number of carbonyl (C=O) groups excluding carboxylic acids is 1. The molecule has 1 heterocycles. The van der Waals surface area contributed by atoms with E-state index < -0.39 is 0 Å². The fourth-order valence-corrected chi connectivity index (χ4v) is 1.56. The van der Waals surface area contributed by atoms with Gasteiger partial charge < -0.3 is 0 Å². The van der Waals surface area contributed by atoms with Crippen molar-refractivity contribution in [2.24, 2.45) is 0 Å². The molecular weight excluding hydrogens is 146 g/mol. The van der Waals surface area contributed by atoms with E-state index >= 15 is 0 Å². The fourth-order valence-electron chi connectivity index (χ4n) is 0.903. The van der Waals surface area contributed by atoms with Gasteiger partial charge in [0.25, 0.3) is 0 Å². The van der Waals surface area contributed by atoms with Crippen LogP contribution in [0, 0.1) is 5.51 Å². The van der Waals surface area contributed by atoms with E-state index in [2.05, 4.69) is 10.5 Å². The Balaban J connectivity index is 2.62. The van der Waals surface area contributed by atoms with Crippen LogP contribution < -0.4 is 0 Å². The number of aromatic nitrogens is 1. The summed E-state index contributed by atoms with van der Waals surface area (Å²) in [4.78, 5) is 15.8. The molecule has 0 unspecified atom stereocenters. The highest BCUT2D eigenvalue weighted by Crippen LogP contribution is 2.20. The molecule has 2 nitrogen and oxygen atoms in total. The molecule has 0 saturated heterocycles. The largest absolute Gasteiger partial charge is 0.292 e. The first-order valence-corrected chi connectivity index (χ1v) is 3.76. The molecule has 0 N–H and O–H groups in total. The number of nitrogens with zero attached hydrogens (tertiary/aromatic N) is 1. The molecule has 0 bridgehead atoms. The summed E-state index contributed by atoms with van der Waals surface area (Å²) >= 11 is 1.39. The Kier molecular flexibility index (Phi) is 1.17. The molecule has 0 fully saturated rings. The van der Waals surface area contributed by atoms with Gasteiger partial charge in [-0.05, 0) is 6.08 Å². The zero-order chi connectivity index (χ0) is 6.97. The quantitative estimate of drug-likeness (QED) is 0.561. The molecule has 0 saturated carbocycles. The minimum atomic E-state index is 0.106. The third-order valence-corrected chi connectivity index (χ3v) is 2.11. The van der Waals surface area contributed by atoms with Gasteiger partial charge in [-0.15, -0.1) is 11.3 Å². The molecule has 1 aromatic heterocycles. The van der Waals surface area contributed by atoms with Gasteiger partial charge >= 0.3 is 0 Å². The van der Waals surface area contributed by atoms with Gasteiger partial charge in [-0.1, -0.05) is 6.08 Å². The van der Waals surface area contributed by atoms with E-state index in [1.54, 1.807) is 0 Å². The van der Waals surface area contributed by atoms with Gasteiger partial charge in [-0.3, -0.25) is 4.79 Å². The van der Waals surface area contributed by atoms with Crippen molar-refractivity contribution >= 4 is 23.2 Å². The topological polar surface area (TPSA) is 30.0 Å². The van der Waals surface area contributed by atoms with Crippen LogP contribution >= 0.6 is 11.3 Å². The third-order valence-electron chi connectivity index (χ3n) is 1.38. The first kappa shape index (κ1) is 5.80. The Labute approximate surface area is 62.2 Å². The van der Waals surface area contributed by atoms with Crippen molar-refractivity contribution in [3.63, 3.8) is 0 Å². The van der Waals surface area contributed by atoms with Crippen LogP contribution in [0.3, 0.4) is 0 Å². The minimum Gasteiger partial charge on any atom is -0.292 e. The summed E-state index contributed by atoms with van der Waals surface area (Å²) in [6.07, 6.45) is 4.27. The van der Waals surface area contributed by atoms with Crippen molar-refractivity contribution < 1.29 is 4.79 Å². The highest BCUT2D eigenvalue weighted by atomic mass is 32.1. The molecular formula is C7H4NOS. The van der Waals surface area contributed by atoms with E-state index in [4.69, 9.17) is 0 Å². The smallest absolute Gasteiger partial charge is 0.186 e. The molecule has 0 spiro atoms. The average molecular weight is 150 g/mol. The summed E-state index contributed by atoms with van der Waals surface area (Å²) in [5.74, 6) is 0.106. The van der Waals surface area contributed by atoms with Gasteiger partial charge in [-0.2, -0.15) is 0 Å². The first-order valence-electron chi connectivity index (χ1n) is 2.94. The van der Waals surface area contributed by atoms with Crippen molar-refractivity contribution in [3.8, 4) is 0 Å². The molecule has 0 aromatic carbocycles. The predicted molar refractivity (Wildman–Crippen MR) is 38.9 cm³/mol. The molecule has 1 aromatic rings. The van der Waals surface area contributed by atoms with Crippen LogP contribution in [0.2, 0.25) is 0 Å². The number of thiazole rings is 1. The molecule has 3 heteroatoms. The lowest BCUT2D eigenvalue weighted by molar-refractivity contribution is 0.0990. The maximum Gasteiger partial charge on any atom is 0.186 e. The molecule has 0 aliphatic heterocycles. The highest BCUT2D eigenvalue weighted by Gasteiger charge is 2.14. The van der Waals surface area contributed by atoms with Crippen molar-refractivity contribution in [1.29, 1.82) is 0 Å². The number of Topliss-reactive ketones (excluding diaryl/α,β-unsaturated/α-hetero) is 1. The number of ketones is 1. The van der Waals surface area contributed by atoms with Gasteiger partial charge in [0.05, 0.1) is 4.88 Å². The lowest BCUT2D eigenvalue weighted by Gasteiger charge is -1.98. The summed E-state index contributed by atoms with van der Waals surface area (Å²) in [6.45, 7) is 0. The second kappa shape index (κ2) is 2.02. The maximum atomic E-state index is 11.0. The number of hydrogen-bond acceptors (Lipinski definition) is 3. The Hall–Kier alpha value is -0.960. The Morgan fingerprint density at radius 3 is 3.40 bits per heavy atom. The molecule has 0 amide bonds. The fraction of sp³-hybridized carbons (Fsp3) is 0.143. The number of rotatable bonds is 0. The monoisotopic (exact) mass is 150 g/mol. The Bertz CT molecular complexity index is 300. The number of fused-ring (bicyclic) bond motifs is 1. The Morgan fingerprint density at radius 1 is 1.70 bits per heavy atom. The third kappa shape index (κ3) is 0.708. The van der Waals surface area contributed by atoms with Crippen LogP contribution in [-0.4, -0.2) is 10.8 Å². The van der Waals surface area contributed by atoms with Crippen LogP contribution in [0.4, 0.5) is 0 Å². The normalized spacial score (nSPS) is 15.4. The number of hydrogen-bond donors (Lipinski definition) is 0. The van der Waals surface area contributed by atoms with Crippen molar-refractivity contribution in [3.05, 3.63) is 22.2 Å². The van der Waals surface area contributed by atoms with Crippen molar-refractivity contribution in [2.45, 2.75) is 6.42 Å². The zero-order valence-electron chi connectivity index (χ0n) is 5.13. The lowest BCUT2D eigenvalue weighted by Crippen LogP contribution is -2.02. The van der Waals surface area contributed by atoms with Gasteiger partial charge in [0.1, 0.15) is 5.69 Å². The summed E-state index contributed by atoms with van der Waals surface area (Å²) < 4.78 is 0. The summed E-state index contributed by atoms with van der Waals surface area (Å²) in [7, 11) is 0. The summed E-state index contributed by atoms with van der Waals surface area (Å²) in [6, 6.07) is 0. The van der Waals surface area contributed by atoms with Crippen LogP contribution in [0.15, 0.2) is 6.08 Å². The van der Waals surface area contributed by atoms with Crippen LogP contribution in [0.1, 0.15) is 21.8 Å². The van der Waals surface area contributed by atoms with Crippen LogP contribution in [0.5, 0.6) is 0 Å². The second-order valence-corrected chi connectivity index (χ2v) is 2.87. The average Bonchev–Trinajstić information content (AvgIpc) is 2.36. The minimum absolute atomic E-state index is 0.106. The molecule has 1 aliphatic carbocycles. The van der Waals surface area contributed by atoms with E-state index in [1.165, 1.54) is 11.3 Å². The lowest BCUT2D eigenvalue weighted by atomic mass is 10.1. The summed E-state index contributed by atoms with van der Waals surface area (Å²) in [5, 5.41) is 0. The number of carbonyl (C=O) groups is 1. The number of allylic oxidation sites excluding steroid dienone is 1. The molecule has 0 atom stereocenters. The predicted octanol–water partition coefficient (Wildman–Crippen LogP) is 1.54. The van der Waals surface area contributed by atoms with Crippen LogP contribution in [-0.2, 0) is 0 Å². The highest BCUT2D eigenvalue weighted by molar-refractivity contribution is 7.10. The van der Waals surface area contributed by atoms with E-state index in [1.807, 2.05) is 12.2 Å². The molecule has 10 heavy (non-hydrogen) atoms. The van der Waals surface area contributed by atoms with Crippen molar-refractivity contribution in [1.82, 2.24) is 4.98 Å². The second-order valence-electron chi connectivity index (χ2n) is 2.05. The van der Waals surface area contributed by atoms with Crippen molar-refractivity contribution in [2.75, 3.05) is 0 Å². The first-order chi connectivity index (χ1) is 4.88. The van der Waals surface area contributed by atoms with Gasteiger partial charge in [0.15, 0.2) is 11.3 Å². The molecule has 2 rings (SSSR count). The zero-order valence-corrected chi connectivity index (χ0v) is 5.94. The van der Waals surface area contributed by atoms with E-state index in [0.717, 1.165) is 4.88 Å². The van der Waals surface area contributed by atoms with E-state index in [9.17, 15) is 4.79 Å². The molecule has 49 valence electrons. The van der Waals surface area contributed by atoms with Crippen LogP contribution in [0.25, 0.3) is 6.08 Å². The van der Waals surface area contributed by atoms with E-state index in [0.29, 0.717) is 12.1 Å². The standard InChI is InChI=1S/C7H4NOS/c9-5-2-1-3-6-7(5)8-4-10-6/h1,3H,2H2. The molecule has 1 aliphatic rings. The Morgan fingerprint density at radius 2 is 2.60 bits per heavy atom. The van der Waals surface area contributed by atoms with Gasteiger partial charge in [0, 0.05) is 6.42 Å². The SMILES string of the molecule is O=C1CC=Cc2s[c]nc21. The van der Waals surface area contributed by atoms with Gasteiger partial charge in [-0.25, -0.2) is 4.98 Å². The summed E-state index contributed by atoms with van der Waals surface area (Å²) in [5.41, 5.74) is 3.28.